The number of hydrazone groups is 1. The topological polar surface area (TPSA) is 41.9 Å². The van der Waals surface area contributed by atoms with E-state index in [1.165, 1.54) is 5.56 Å². The monoisotopic (exact) mass is 272 g/mol. The number of hydrogen-bond donors (Lipinski definition) is 0. The van der Waals surface area contributed by atoms with E-state index in [1.807, 2.05) is 26.0 Å². The highest BCUT2D eigenvalue weighted by Crippen LogP contribution is 2.44. The fraction of sp³-hybridized carbons (Fsp3) is 0.500. The van der Waals surface area contributed by atoms with Crippen LogP contribution in [-0.2, 0) is 21.7 Å². The summed E-state index contributed by atoms with van der Waals surface area (Å²) in [6.07, 6.45) is 4.18. The number of ether oxygens (including phenoxy) is 1. The molecule has 3 rings (SSSR count). The Balaban J connectivity index is 2.06. The molecule has 4 heteroatoms. The molecule has 1 heterocycles. The van der Waals surface area contributed by atoms with Crippen molar-refractivity contribution in [2.45, 2.75) is 51.7 Å². The second-order valence-corrected chi connectivity index (χ2v) is 5.47. The number of nitrogens with zero attached hydrogens (tertiary/aromatic N) is 2. The molecule has 0 N–H and O–H groups in total. The van der Waals surface area contributed by atoms with Gasteiger partial charge in [-0.25, -0.2) is 0 Å². The second kappa shape index (κ2) is 4.93. The summed E-state index contributed by atoms with van der Waals surface area (Å²) in [6, 6.07) is 8.23. The lowest BCUT2D eigenvalue weighted by atomic mass is 9.84. The number of carbonyl (C=O) groups excluding carboxylic acids is 1. The number of benzene rings is 1. The van der Waals surface area contributed by atoms with Crippen molar-refractivity contribution in [2.24, 2.45) is 5.10 Å². The van der Waals surface area contributed by atoms with Crippen molar-refractivity contribution in [3.63, 3.8) is 0 Å². The van der Waals surface area contributed by atoms with Gasteiger partial charge in [-0.15, -0.1) is 5.10 Å². The normalized spacial score (nSPS) is 24.3. The van der Waals surface area contributed by atoms with Gasteiger partial charge in [0.2, 0.25) is 17.5 Å². The number of carbonyl (C=O) groups is 1. The Kier molecular flexibility index (Phi) is 3.24. The number of rotatable bonds is 2. The van der Waals surface area contributed by atoms with Crippen LogP contribution in [0.3, 0.4) is 0 Å². The van der Waals surface area contributed by atoms with E-state index >= 15 is 0 Å². The Morgan fingerprint density at radius 2 is 2.25 bits per heavy atom. The first-order valence-electron chi connectivity index (χ1n) is 7.33. The Morgan fingerprint density at radius 3 is 3.05 bits per heavy atom. The van der Waals surface area contributed by atoms with Crippen molar-refractivity contribution in [3.8, 4) is 0 Å². The van der Waals surface area contributed by atoms with Crippen LogP contribution in [0.4, 0.5) is 0 Å². The molecule has 0 saturated heterocycles. The van der Waals surface area contributed by atoms with Gasteiger partial charge in [0.15, 0.2) is 0 Å². The lowest BCUT2D eigenvalue weighted by Crippen LogP contribution is -2.47. The summed E-state index contributed by atoms with van der Waals surface area (Å²) in [6.45, 7) is 3.82. The van der Waals surface area contributed by atoms with E-state index < -0.39 is 5.72 Å². The molecule has 1 unspecified atom stereocenters. The molecule has 1 aliphatic heterocycles. The Hall–Kier alpha value is -1.84. The van der Waals surface area contributed by atoms with E-state index in [0.717, 1.165) is 31.2 Å². The Labute approximate surface area is 119 Å². The molecule has 0 bridgehead atoms. The summed E-state index contributed by atoms with van der Waals surface area (Å²) in [7, 11) is 0. The maximum Gasteiger partial charge on any atom is 0.246 e. The van der Waals surface area contributed by atoms with Crippen LogP contribution >= 0.6 is 0 Å². The van der Waals surface area contributed by atoms with Gasteiger partial charge in [0.1, 0.15) is 0 Å². The zero-order valence-corrected chi connectivity index (χ0v) is 12.1. The maximum absolute atomic E-state index is 12.4. The first-order chi connectivity index (χ1) is 9.67. The minimum atomic E-state index is -0.703. The van der Waals surface area contributed by atoms with Crippen LogP contribution in [0.2, 0.25) is 0 Å². The fourth-order valence-electron chi connectivity index (χ4n) is 3.21. The standard InChI is InChI=1S/C16H20N2O2/c1-3-7-15(19)18-16(20-12(2)17-18)11-6-9-13-8-4-5-10-14(13)16/h4-5,8,10H,3,6-7,9,11H2,1-2H3. The second-order valence-electron chi connectivity index (χ2n) is 5.47. The highest BCUT2D eigenvalue weighted by molar-refractivity contribution is 5.83. The van der Waals surface area contributed by atoms with Gasteiger partial charge in [0.05, 0.1) is 0 Å². The molecule has 1 spiro atoms. The predicted octanol–water partition coefficient (Wildman–Crippen LogP) is 3.17. The summed E-state index contributed by atoms with van der Waals surface area (Å²) in [5.41, 5.74) is 1.65. The average molecular weight is 272 g/mol. The van der Waals surface area contributed by atoms with Gasteiger partial charge in [-0.2, -0.15) is 5.01 Å². The number of amides is 1. The molecule has 2 aliphatic rings. The van der Waals surface area contributed by atoms with Gasteiger partial charge < -0.3 is 4.74 Å². The fourth-order valence-corrected chi connectivity index (χ4v) is 3.21. The molecule has 1 aliphatic carbocycles. The van der Waals surface area contributed by atoms with Crippen molar-refractivity contribution in [3.05, 3.63) is 35.4 Å². The average Bonchev–Trinajstić information content (AvgIpc) is 2.77. The van der Waals surface area contributed by atoms with Gasteiger partial charge in [-0.3, -0.25) is 4.79 Å². The predicted molar refractivity (Wildman–Crippen MR) is 77.0 cm³/mol. The maximum atomic E-state index is 12.4. The molecular formula is C16H20N2O2. The van der Waals surface area contributed by atoms with Gasteiger partial charge in [-0.1, -0.05) is 31.2 Å². The van der Waals surface area contributed by atoms with Gasteiger partial charge >= 0.3 is 0 Å². The Bertz CT molecular complexity index is 567. The van der Waals surface area contributed by atoms with Crippen molar-refractivity contribution in [2.75, 3.05) is 0 Å². The quantitative estimate of drug-likeness (QED) is 0.829. The largest absolute Gasteiger partial charge is 0.447 e. The van der Waals surface area contributed by atoms with Crippen LogP contribution in [0.5, 0.6) is 0 Å². The van der Waals surface area contributed by atoms with Crippen molar-refractivity contribution >= 4 is 11.8 Å². The van der Waals surface area contributed by atoms with Crippen molar-refractivity contribution in [1.29, 1.82) is 0 Å². The lowest BCUT2D eigenvalue weighted by molar-refractivity contribution is -0.153. The number of fused-ring (bicyclic) bond motifs is 2. The molecule has 1 amide bonds. The molecule has 106 valence electrons. The van der Waals surface area contributed by atoms with Gasteiger partial charge in [-0.05, 0) is 24.8 Å². The zero-order valence-electron chi connectivity index (χ0n) is 12.1. The molecule has 0 radical (unpaired) electrons. The SMILES string of the molecule is CCCC(=O)N1N=C(C)OC12CCCc1ccccc12. The molecular weight excluding hydrogens is 252 g/mol. The van der Waals surface area contributed by atoms with Crippen molar-refractivity contribution < 1.29 is 9.53 Å². The minimum Gasteiger partial charge on any atom is -0.447 e. The summed E-state index contributed by atoms with van der Waals surface area (Å²) in [5.74, 6) is 0.618. The molecule has 0 aromatic heterocycles. The summed E-state index contributed by atoms with van der Waals surface area (Å²) < 4.78 is 6.05. The minimum absolute atomic E-state index is 0.0426. The summed E-state index contributed by atoms with van der Waals surface area (Å²) >= 11 is 0. The van der Waals surface area contributed by atoms with Crippen LogP contribution in [0.15, 0.2) is 29.4 Å². The summed E-state index contributed by atoms with van der Waals surface area (Å²) in [5, 5.41) is 5.95. The first-order valence-corrected chi connectivity index (χ1v) is 7.33. The van der Waals surface area contributed by atoms with Crippen molar-refractivity contribution in [1.82, 2.24) is 5.01 Å². The Morgan fingerprint density at radius 1 is 1.45 bits per heavy atom. The van der Waals surface area contributed by atoms with E-state index in [2.05, 4.69) is 17.2 Å². The molecule has 1 aromatic rings. The number of aryl methyl sites for hydroxylation is 1. The molecule has 4 nitrogen and oxygen atoms in total. The first kappa shape index (κ1) is 13.2. The van der Waals surface area contributed by atoms with Crippen LogP contribution in [-0.4, -0.2) is 16.8 Å². The van der Waals surface area contributed by atoms with Crippen LogP contribution in [0.1, 0.15) is 50.7 Å². The zero-order chi connectivity index (χ0) is 14.2. The summed E-state index contributed by atoms with van der Waals surface area (Å²) in [4.78, 5) is 12.4. The number of hydrogen-bond acceptors (Lipinski definition) is 3. The van der Waals surface area contributed by atoms with Gasteiger partial charge in [0.25, 0.3) is 0 Å². The highest BCUT2D eigenvalue weighted by Gasteiger charge is 2.50. The van der Waals surface area contributed by atoms with Gasteiger partial charge in [0, 0.05) is 25.3 Å². The lowest BCUT2D eigenvalue weighted by Gasteiger charge is -2.39. The molecule has 0 fully saturated rings. The third-order valence-corrected chi connectivity index (χ3v) is 4.00. The van der Waals surface area contributed by atoms with E-state index in [9.17, 15) is 4.79 Å². The van der Waals surface area contributed by atoms with E-state index in [-0.39, 0.29) is 5.91 Å². The molecule has 0 saturated carbocycles. The smallest absolute Gasteiger partial charge is 0.246 e. The third-order valence-electron chi connectivity index (χ3n) is 4.00. The molecule has 1 aromatic carbocycles. The van der Waals surface area contributed by atoms with Crippen LogP contribution in [0, 0.1) is 0 Å². The van der Waals surface area contributed by atoms with E-state index in [0.29, 0.717) is 12.3 Å². The van der Waals surface area contributed by atoms with E-state index in [4.69, 9.17) is 4.74 Å². The molecule has 1 atom stereocenters. The third kappa shape index (κ3) is 1.90. The molecule has 20 heavy (non-hydrogen) atoms. The van der Waals surface area contributed by atoms with Crippen LogP contribution in [0.25, 0.3) is 0 Å². The van der Waals surface area contributed by atoms with E-state index in [1.54, 1.807) is 5.01 Å². The van der Waals surface area contributed by atoms with Crippen LogP contribution < -0.4 is 0 Å². The highest BCUT2D eigenvalue weighted by atomic mass is 16.6.